The van der Waals surface area contributed by atoms with E-state index in [1.165, 1.54) is 30.3 Å². The van der Waals surface area contributed by atoms with Crippen LogP contribution in [0.1, 0.15) is 13.8 Å². The molecule has 0 atom stereocenters. The summed E-state index contributed by atoms with van der Waals surface area (Å²) in [5, 5.41) is 17.0. The van der Waals surface area contributed by atoms with Crippen LogP contribution in [0.3, 0.4) is 0 Å². The van der Waals surface area contributed by atoms with Gasteiger partial charge in [-0.3, -0.25) is 4.79 Å². The Morgan fingerprint density at radius 2 is 1.92 bits per heavy atom. The predicted molar refractivity (Wildman–Crippen MR) is 86.5 cm³/mol. The standard InChI is InChI=1S/C15H19N3O5S/c1-11(19)15(12(2)20)17-16-13-4-3-5-14(10-13)24(21,22)18-6-8-23-9-7-18/h3-5,10,19H,6-9H2,1-2H3/b15-11-,17-16?. The number of rotatable bonds is 5. The fourth-order valence-corrected chi connectivity index (χ4v) is 3.60. The molecular weight excluding hydrogens is 334 g/mol. The second-order valence-electron chi connectivity index (χ2n) is 5.20. The van der Waals surface area contributed by atoms with Gasteiger partial charge in [0, 0.05) is 20.0 Å². The van der Waals surface area contributed by atoms with E-state index in [0.717, 1.165) is 0 Å². The van der Waals surface area contributed by atoms with E-state index in [1.807, 2.05) is 0 Å². The number of carbonyl (C=O) groups excluding carboxylic acids is 1. The first kappa shape index (κ1) is 18.2. The number of aliphatic hydroxyl groups excluding tert-OH is 1. The highest BCUT2D eigenvalue weighted by Crippen LogP contribution is 2.23. The molecule has 24 heavy (non-hydrogen) atoms. The summed E-state index contributed by atoms with van der Waals surface area (Å²) in [6, 6.07) is 5.96. The molecule has 1 aromatic rings. The number of Topliss-reactive ketones (excluding diaryl/α,β-unsaturated/α-hetero) is 1. The highest BCUT2D eigenvalue weighted by Gasteiger charge is 2.26. The number of aliphatic hydroxyl groups is 1. The molecule has 0 saturated carbocycles. The first-order valence-corrected chi connectivity index (χ1v) is 8.77. The SMILES string of the molecule is CC(=O)/C(N=Nc1cccc(S(=O)(=O)N2CCOCC2)c1)=C(\C)O. The van der Waals surface area contributed by atoms with E-state index in [2.05, 4.69) is 10.2 Å². The molecule has 130 valence electrons. The number of azo groups is 1. The average molecular weight is 353 g/mol. The van der Waals surface area contributed by atoms with E-state index in [-0.39, 0.29) is 22.0 Å². The fourth-order valence-electron chi connectivity index (χ4n) is 2.15. The minimum Gasteiger partial charge on any atom is -0.510 e. The Bertz CT molecular complexity index is 776. The van der Waals surface area contributed by atoms with Gasteiger partial charge in [-0.25, -0.2) is 8.42 Å². The topological polar surface area (TPSA) is 109 Å². The van der Waals surface area contributed by atoms with E-state index in [0.29, 0.717) is 26.3 Å². The monoisotopic (exact) mass is 353 g/mol. The van der Waals surface area contributed by atoms with Gasteiger partial charge in [-0.2, -0.15) is 9.42 Å². The highest BCUT2D eigenvalue weighted by atomic mass is 32.2. The second-order valence-corrected chi connectivity index (χ2v) is 7.14. The van der Waals surface area contributed by atoms with Crippen molar-refractivity contribution in [2.75, 3.05) is 26.3 Å². The Labute approximate surface area is 140 Å². The number of morpholine rings is 1. The lowest BCUT2D eigenvalue weighted by Crippen LogP contribution is -2.40. The molecule has 0 spiro atoms. The summed E-state index contributed by atoms with van der Waals surface area (Å²) >= 11 is 0. The number of sulfonamides is 1. The van der Waals surface area contributed by atoms with Crippen LogP contribution in [0.25, 0.3) is 0 Å². The van der Waals surface area contributed by atoms with Crippen molar-refractivity contribution in [2.24, 2.45) is 10.2 Å². The number of allylic oxidation sites excluding steroid dienone is 2. The van der Waals surface area contributed by atoms with Crippen molar-refractivity contribution in [3.63, 3.8) is 0 Å². The van der Waals surface area contributed by atoms with E-state index in [4.69, 9.17) is 4.74 Å². The Hall–Kier alpha value is -2.10. The van der Waals surface area contributed by atoms with Gasteiger partial charge < -0.3 is 9.84 Å². The zero-order valence-corrected chi connectivity index (χ0v) is 14.3. The third-order valence-electron chi connectivity index (χ3n) is 3.37. The third-order valence-corrected chi connectivity index (χ3v) is 5.26. The summed E-state index contributed by atoms with van der Waals surface area (Å²) < 4.78 is 31.7. The Kier molecular flexibility index (Phi) is 5.81. The van der Waals surface area contributed by atoms with Crippen LogP contribution in [0.2, 0.25) is 0 Å². The van der Waals surface area contributed by atoms with Crippen molar-refractivity contribution in [2.45, 2.75) is 18.7 Å². The van der Waals surface area contributed by atoms with Gasteiger partial charge in [0.15, 0.2) is 11.5 Å². The van der Waals surface area contributed by atoms with Crippen LogP contribution in [0.5, 0.6) is 0 Å². The lowest BCUT2D eigenvalue weighted by molar-refractivity contribution is -0.113. The number of carbonyl (C=O) groups is 1. The van der Waals surface area contributed by atoms with Crippen LogP contribution in [-0.4, -0.2) is 49.9 Å². The average Bonchev–Trinajstić information content (AvgIpc) is 2.55. The maximum absolute atomic E-state index is 12.6. The second kappa shape index (κ2) is 7.65. The lowest BCUT2D eigenvalue weighted by Gasteiger charge is -2.26. The molecule has 0 bridgehead atoms. The van der Waals surface area contributed by atoms with Gasteiger partial charge in [0.2, 0.25) is 10.0 Å². The van der Waals surface area contributed by atoms with E-state index < -0.39 is 15.8 Å². The quantitative estimate of drug-likeness (QED) is 0.496. The lowest BCUT2D eigenvalue weighted by atomic mass is 10.3. The number of nitrogens with zero attached hydrogens (tertiary/aromatic N) is 3. The van der Waals surface area contributed by atoms with E-state index in [1.54, 1.807) is 12.1 Å². The summed E-state index contributed by atoms with van der Waals surface area (Å²) in [4.78, 5) is 11.4. The van der Waals surface area contributed by atoms with Gasteiger partial charge in [-0.1, -0.05) is 6.07 Å². The minimum atomic E-state index is -3.63. The zero-order chi connectivity index (χ0) is 17.7. The first-order chi connectivity index (χ1) is 11.3. The fraction of sp³-hybridized carbons (Fsp3) is 0.400. The molecule has 0 radical (unpaired) electrons. The minimum absolute atomic E-state index is 0.0925. The molecule has 0 unspecified atom stereocenters. The first-order valence-electron chi connectivity index (χ1n) is 7.33. The largest absolute Gasteiger partial charge is 0.510 e. The third kappa shape index (κ3) is 4.25. The van der Waals surface area contributed by atoms with Crippen molar-refractivity contribution in [1.29, 1.82) is 0 Å². The molecule has 1 fully saturated rings. The van der Waals surface area contributed by atoms with Crippen molar-refractivity contribution in [3.05, 3.63) is 35.7 Å². The van der Waals surface area contributed by atoms with Gasteiger partial charge in [0.25, 0.3) is 0 Å². The summed E-state index contributed by atoms with van der Waals surface area (Å²) in [6.45, 7) is 3.91. The van der Waals surface area contributed by atoms with Gasteiger partial charge in [-0.15, -0.1) is 5.11 Å². The zero-order valence-electron chi connectivity index (χ0n) is 13.5. The molecule has 1 aliphatic rings. The van der Waals surface area contributed by atoms with Gasteiger partial charge in [0.1, 0.15) is 5.76 Å². The van der Waals surface area contributed by atoms with Crippen LogP contribution >= 0.6 is 0 Å². The molecule has 0 amide bonds. The van der Waals surface area contributed by atoms with E-state index in [9.17, 15) is 18.3 Å². The molecule has 2 rings (SSSR count). The van der Waals surface area contributed by atoms with Crippen LogP contribution in [-0.2, 0) is 19.6 Å². The number of ether oxygens (including phenoxy) is 1. The van der Waals surface area contributed by atoms with Gasteiger partial charge in [0.05, 0.1) is 23.8 Å². The van der Waals surface area contributed by atoms with Crippen molar-refractivity contribution in [1.82, 2.24) is 4.31 Å². The van der Waals surface area contributed by atoms with Gasteiger partial charge >= 0.3 is 0 Å². The maximum atomic E-state index is 12.6. The number of benzene rings is 1. The molecule has 1 N–H and O–H groups in total. The molecule has 1 aromatic carbocycles. The van der Waals surface area contributed by atoms with Crippen molar-refractivity contribution >= 4 is 21.5 Å². The molecule has 1 aliphatic heterocycles. The summed E-state index contributed by atoms with van der Waals surface area (Å²) in [5.74, 6) is -0.681. The summed E-state index contributed by atoms with van der Waals surface area (Å²) in [7, 11) is -3.63. The Morgan fingerprint density at radius 3 is 2.50 bits per heavy atom. The van der Waals surface area contributed by atoms with Crippen molar-refractivity contribution < 1.29 is 23.1 Å². The normalized spacial score (nSPS) is 17.8. The van der Waals surface area contributed by atoms with Crippen LogP contribution in [0.15, 0.2) is 50.8 Å². The van der Waals surface area contributed by atoms with Crippen LogP contribution in [0.4, 0.5) is 5.69 Å². The molecule has 0 aliphatic carbocycles. The summed E-state index contributed by atoms with van der Waals surface area (Å²) in [6.07, 6.45) is 0. The molecule has 0 aromatic heterocycles. The highest BCUT2D eigenvalue weighted by molar-refractivity contribution is 7.89. The predicted octanol–water partition coefficient (Wildman–Crippen LogP) is 2.17. The number of ketones is 1. The van der Waals surface area contributed by atoms with Crippen LogP contribution in [0, 0.1) is 0 Å². The van der Waals surface area contributed by atoms with Crippen LogP contribution < -0.4 is 0 Å². The number of hydrogen-bond acceptors (Lipinski definition) is 7. The Morgan fingerprint density at radius 1 is 1.25 bits per heavy atom. The van der Waals surface area contributed by atoms with Crippen molar-refractivity contribution in [3.8, 4) is 0 Å². The number of hydrogen-bond donors (Lipinski definition) is 1. The summed E-state index contributed by atoms with van der Waals surface area (Å²) in [5.41, 5.74) is 0.0979. The maximum Gasteiger partial charge on any atom is 0.243 e. The molecule has 1 heterocycles. The molecule has 1 saturated heterocycles. The smallest absolute Gasteiger partial charge is 0.243 e. The van der Waals surface area contributed by atoms with Gasteiger partial charge in [-0.05, 0) is 25.1 Å². The Balaban J connectivity index is 2.29. The molecular formula is C15H19N3O5S. The molecule has 8 nitrogen and oxygen atoms in total. The van der Waals surface area contributed by atoms with E-state index >= 15 is 0 Å². The molecule has 9 heteroatoms.